The predicted octanol–water partition coefficient (Wildman–Crippen LogP) is 1.74. The largest absolute Gasteiger partial charge is 0.381 e. The van der Waals surface area contributed by atoms with Crippen LogP contribution >= 0.6 is 0 Å². The Morgan fingerprint density at radius 2 is 2.06 bits per heavy atom. The molecule has 0 bridgehead atoms. The first-order valence-electron chi connectivity index (χ1n) is 6.40. The molecule has 0 unspecified atom stereocenters. The zero-order valence-electron chi connectivity index (χ0n) is 10.0. The number of hydrogen-bond acceptors (Lipinski definition) is 3. The normalized spacial score (nSPS) is 15.8. The molecule has 1 aliphatic carbocycles. The maximum atomic E-state index is 10.8. The molecule has 0 aromatic heterocycles. The van der Waals surface area contributed by atoms with E-state index >= 15 is 0 Å². The number of nitrogens with one attached hydrogen (secondary N) is 1. The molecule has 94 valence electrons. The third-order valence-corrected chi connectivity index (χ3v) is 3.25. The van der Waals surface area contributed by atoms with Gasteiger partial charge in [-0.25, -0.2) is 5.84 Å². The average molecular weight is 228 g/mol. The summed E-state index contributed by atoms with van der Waals surface area (Å²) in [6, 6.07) is 0. The fraction of sp³-hybridized carbons (Fsp3) is 0.917. The number of hydrogen-bond donors (Lipinski definition) is 2. The number of hydrazine groups is 1. The van der Waals surface area contributed by atoms with Gasteiger partial charge in [0.2, 0.25) is 5.91 Å². The van der Waals surface area contributed by atoms with Gasteiger partial charge in [-0.15, -0.1) is 0 Å². The van der Waals surface area contributed by atoms with Gasteiger partial charge in [0, 0.05) is 19.6 Å². The molecule has 0 aromatic carbocycles. The summed E-state index contributed by atoms with van der Waals surface area (Å²) in [7, 11) is 0. The van der Waals surface area contributed by atoms with Gasteiger partial charge in [-0.05, 0) is 25.2 Å². The predicted molar refractivity (Wildman–Crippen MR) is 63.6 cm³/mol. The van der Waals surface area contributed by atoms with Crippen molar-refractivity contribution < 1.29 is 9.53 Å². The quantitative estimate of drug-likeness (QED) is 0.273. The smallest absolute Gasteiger partial charge is 0.233 e. The zero-order valence-corrected chi connectivity index (χ0v) is 10.0. The fourth-order valence-electron chi connectivity index (χ4n) is 1.87. The molecule has 1 rings (SSSR count). The highest BCUT2D eigenvalue weighted by Crippen LogP contribution is 2.29. The van der Waals surface area contributed by atoms with Crippen molar-refractivity contribution in [2.24, 2.45) is 11.8 Å². The van der Waals surface area contributed by atoms with Crippen molar-refractivity contribution in [2.75, 3.05) is 13.2 Å². The molecule has 0 heterocycles. The van der Waals surface area contributed by atoms with E-state index in [0.717, 1.165) is 38.4 Å². The van der Waals surface area contributed by atoms with Gasteiger partial charge < -0.3 is 4.74 Å². The Morgan fingerprint density at radius 1 is 1.25 bits per heavy atom. The lowest BCUT2D eigenvalue weighted by Gasteiger charge is -2.24. The van der Waals surface area contributed by atoms with E-state index in [4.69, 9.17) is 10.6 Å². The minimum Gasteiger partial charge on any atom is -0.381 e. The summed E-state index contributed by atoms with van der Waals surface area (Å²) in [4.78, 5) is 10.8. The molecule has 1 fully saturated rings. The molecule has 0 atom stereocenters. The van der Waals surface area contributed by atoms with Crippen LogP contribution in [0.3, 0.4) is 0 Å². The fourth-order valence-corrected chi connectivity index (χ4v) is 1.87. The summed E-state index contributed by atoms with van der Waals surface area (Å²) in [6.07, 6.45) is 8.95. The number of carbonyl (C=O) groups excluding carboxylic acids is 1. The van der Waals surface area contributed by atoms with Crippen LogP contribution < -0.4 is 11.3 Å². The Kier molecular flexibility index (Phi) is 7.17. The Morgan fingerprint density at radius 3 is 2.69 bits per heavy atom. The minimum absolute atomic E-state index is 0.0779. The Labute approximate surface area is 97.9 Å². The average Bonchev–Trinajstić information content (AvgIpc) is 2.24. The molecule has 0 spiro atoms. The van der Waals surface area contributed by atoms with Crippen LogP contribution in [0.2, 0.25) is 0 Å². The Balaban J connectivity index is 1.72. The third-order valence-electron chi connectivity index (χ3n) is 3.25. The monoisotopic (exact) mass is 228 g/mol. The minimum atomic E-state index is -0.0779. The topological polar surface area (TPSA) is 64.3 Å². The van der Waals surface area contributed by atoms with Crippen molar-refractivity contribution in [1.29, 1.82) is 0 Å². The molecule has 1 aliphatic rings. The lowest BCUT2D eigenvalue weighted by Crippen LogP contribution is -2.29. The molecule has 4 nitrogen and oxygen atoms in total. The molecular weight excluding hydrogens is 204 g/mol. The molecule has 1 saturated carbocycles. The Bertz CT molecular complexity index is 193. The van der Waals surface area contributed by atoms with E-state index < -0.39 is 0 Å². The summed E-state index contributed by atoms with van der Waals surface area (Å²) in [5.41, 5.74) is 2.13. The van der Waals surface area contributed by atoms with Crippen LogP contribution in [0.25, 0.3) is 0 Å². The maximum absolute atomic E-state index is 10.8. The van der Waals surface area contributed by atoms with Crippen molar-refractivity contribution in [3.63, 3.8) is 0 Å². The number of rotatable bonds is 9. The van der Waals surface area contributed by atoms with Gasteiger partial charge in [-0.3, -0.25) is 10.2 Å². The number of ether oxygens (including phenoxy) is 1. The van der Waals surface area contributed by atoms with E-state index in [-0.39, 0.29) is 5.91 Å². The van der Waals surface area contributed by atoms with Gasteiger partial charge in [0.25, 0.3) is 0 Å². The number of unbranched alkanes of at least 4 members (excludes halogenated alkanes) is 2. The van der Waals surface area contributed by atoms with E-state index in [2.05, 4.69) is 5.43 Å². The molecule has 3 N–H and O–H groups in total. The highest BCUT2D eigenvalue weighted by Gasteiger charge is 2.16. The maximum Gasteiger partial charge on any atom is 0.233 e. The first kappa shape index (κ1) is 13.5. The lowest BCUT2D eigenvalue weighted by atomic mass is 9.83. The highest BCUT2D eigenvalue weighted by atomic mass is 16.5. The van der Waals surface area contributed by atoms with Crippen LogP contribution in [-0.2, 0) is 9.53 Å². The van der Waals surface area contributed by atoms with Gasteiger partial charge in [0.05, 0.1) is 0 Å². The van der Waals surface area contributed by atoms with Crippen LogP contribution in [0.15, 0.2) is 0 Å². The van der Waals surface area contributed by atoms with Gasteiger partial charge in [0.1, 0.15) is 0 Å². The molecule has 0 radical (unpaired) electrons. The van der Waals surface area contributed by atoms with Crippen LogP contribution in [0, 0.1) is 5.92 Å². The van der Waals surface area contributed by atoms with Gasteiger partial charge >= 0.3 is 0 Å². The second-order valence-corrected chi connectivity index (χ2v) is 4.58. The summed E-state index contributed by atoms with van der Waals surface area (Å²) in [5.74, 6) is 5.84. The van der Waals surface area contributed by atoms with Gasteiger partial charge in [-0.2, -0.15) is 0 Å². The van der Waals surface area contributed by atoms with E-state index in [0.29, 0.717) is 6.42 Å². The van der Waals surface area contributed by atoms with E-state index in [1.807, 2.05) is 0 Å². The summed E-state index contributed by atoms with van der Waals surface area (Å²) < 4.78 is 5.55. The molecular formula is C12H24N2O2. The molecule has 0 aromatic rings. The van der Waals surface area contributed by atoms with Crippen LogP contribution in [0.5, 0.6) is 0 Å². The Hall–Kier alpha value is -0.610. The van der Waals surface area contributed by atoms with E-state index in [9.17, 15) is 4.79 Å². The highest BCUT2D eigenvalue weighted by molar-refractivity contribution is 5.74. The van der Waals surface area contributed by atoms with Crippen molar-refractivity contribution in [3.8, 4) is 0 Å². The first-order valence-corrected chi connectivity index (χ1v) is 6.40. The van der Waals surface area contributed by atoms with Crippen LogP contribution in [0.4, 0.5) is 0 Å². The summed E-state index contributed by atoms with van der Waals surface area (Å²) in [5, 5.41) is 0. The number of amides is 1. The van der Waals surface area contributed by atoms with Crippen molar-refractivity contribution in [3.05, 3.63) is 0 Å². The summed E-state index contributed by atoms with van der Waals surface area (Å²) >= 11 is 0. The molecule has 1 amide bonds. The molecule has 16 heavy (non-hydrogen) atoms. The van der Waals surface area contributed by atoms with Gasteiger partial charge in [0.15, 0.2) is 0 Å². The SMILES string of the molecule is NNC(=O)CCCCCOCCC1CCC1. The van der Waals surface area contributed by atoms with Crippen molar-refractivity contribution in [1.82, 2.24) is 5.43 Å². The van der Waals surface area contributed by atoms with Crippen LogP contribution in [0.1, 0.15) is 51.4 Å². The van der Waals surface area contributed by atoms with Gasteiger partial charge in [-0.1, -0.05) is 25.7 Å². The van der Waals surface area contributed by atoms with E-state index in [1.165, 1.54) is 25.7 Å². The van der Waals surface area contributed by atoms with Crippen LogP contribution in [-0.4, -0.2) is 19.1 Å². The summed E-state index contributed by atoms with van der Waals surface area (Å²) in [6.45, 7) is 1.74. The standard InChI is InChI=1S/C12H24N2O2/c13-14-12(15)7-2-1-3-9-16-10-8-11-5-4-6-11/h11H,1-10,13H2,(H,14,15). The molecule has 0 saturated heterocycles. The lowest BCUT2D eigenvalue weighted by molar-refractivity contribution is -0.121. The molecule has 4 heteroatoms. The molecule has 0 aliphatic heterocycles. The first-order chi connectivity index (χ1) is 7.83. The van der Waals surface area contributed by atoms with E-state index in [1.54, 1.807) is 0 Å². The third kappa shape index (κ3) is 6.08. The number of carbonyl (C=O) groups is 1. The number of nitrogens with two attached hydrogens (primary N) is 1. The van der Waals surface area contributed by atoms with Crippen molar-refractivity contribution >= 4 is 5.91 Å². The van der Waals surface area contributed by atoms with Crippen molar-refractivity contribution in [2.45, 2.75) is 51.4 Å². The second-order valence-electron chi connectivity index (χ2n) is 4.58. The zero-order chi connectivity index (χ0) is 11.6. The second kappa shape index (κ2) is 8.53.